The molecule has 0 spiro atoms. The molecule has 1 aliphatic heterocycles. The fourth-order valence-corrected chi connectivity index (χ4v) is 4.81. The van der Waals surface area contributed by atoms with Crippen LogP contribution in [0.1, 0.15) is 37.7 Å². The molecule has 1 saturated carbocycles. The van der Waals surface area contributed by atoms with Crippen molar-refractivity contribution in [3.8, 4) is 5.75 Å². The highest BCUT2D eigenvalue weighted by molar-refractivity contribution is 8.18. The van der Waals surface area contributed by atoms with Crippen molar-refractivity contribution < 1.29 is 13.9 Å². The third kappa shape index (κ3) is 4.37. The van der Waals surface area contributed by atoms with Crippen LogP contribution >= 0.6 is 11.8 Å². The summed E-state index contributed by atoms with van der Waals surface area (Å²) in [6.45, 7) is 0. The van der Waals surface area contributed by atoms with Crippen LogP contribution in [0.4, 0.5) is 10.1 Å². The Morgan fingerprint density at radius 1 is 1.14 bits per heavy atom. The van der Waals surface area contributed by atoms with Crippen molar-refractivity contribution in [3.63, 3.8) is 0 Å². The average molecular weight is 411 g/mol. The second-order valence-corrected chi connectivity index (χ2v) is 8.21. The zero-order valence-electron chi connectivity index (χ0n) is 16.3. The Hall–Kier alpha value is -2.60. The number of ether oxygens (including phenoxy) is 1. The van der Waals surface area contributed by atoms with E-state index >= 15 is 0 Å². The summed E-state index contributed by atoms with van der Waals surface area (Å²) >= 11 is 1.31. The molecule has 1 amide bonds. The molecule has 0 bridgehead atoms. The van der Waals surface area contributed by atoms with Gasteiger partial charge in [-0.05, 0) is 60.5 Å². The highest BCUT2D eigenvalue weighted by atomic mass is 32.2. The van der Waals surface area contributed by atoms with E-state index in [4.69, 9.17) is 4.74 Å². The zero-order valence-corrected chi connectivity index (χ0v) is 17.1. The molecule has 0 radical (unpaired) electrons. The third-order valence-corrected chi connectivity index (χ3v) is 6.22. The highest BCUT2D eigenvalue weighted by Gasteiger charge is 2.38. The maximum Gasteiger partial charge on any atom is 0.267 e. The molecule has 4 nitrogen and oxygen atoms in total. The van der Waals surface area contributed by atoms with E-state index in [0.717, 1.165) is 37.0 Å². The van der Waals surface area contributed by atoms with Crippen LogP contribution in [0, 0.1) is 5.82 Å². The van der Waals surface area contributed by atoms with Gasteiger partial charge in [-0.15, -0.1) is 0 Å². The number of amides is 1. The lowest BCUT2D eigenvalue weighted by Gasteiger charge is -2.30. The molecule has 1 aliphatic carbocycles. The van der Waals surface area contributed by atoms with E-state index in [2.05, 4.69) is 4.99 Å². The van der Waals surface area contributed by atoms with E-state index in [9.17, 15) is 9.18 Å². The SMILES string of the molecule is COc1cccc(/C=C2\SC(=Nc3ccccc3F)N(C3CCCCC3)C2=O)c1. The summed E-state index contributed by atoms with van der Waals surface area (Å²) < 4.78 is 19.5. The number of halogens is 1. The normalized spacial score (nSPS) is 20.6. The van der Waals surface area contributed by atoms with Gasteiger partial charge in [-0.2, -0.15) is 0 Å². The van der Waals surface area contributed by atoms with Gasteiger partial charge in [-0.1, -0.05) is 43.5 Å². The Balaban J connectivity index is 1.71. The van der Waals surface area contributed by atoms with Gasteiger partial charge in [0.15, 0.2) is 5.17 Å². The number of aliphatic imine (C=N–C) groups is 1. The molecule has 29 heavy (non-hydrogen) atoms. The number of hydrogen-bond acceptors (Lipinski definition) is 4. The molecule has 6 heteroatoms. The lowest BCUT2D eigenvalue weighted by Crippen LogP contribution is -2.40. The summed E-state index contributed by atoms with van der Waals surface area (Å²) in [4.78, 5) is 20.2. The second-order valence-electron chi connectivity index (χ2n) is 7.20. The van der Waals surface area contributed by atoms with Crippen LogP contribution in [0.5, 0.6) is 5.75 Å². The summed E-state index contributed by atoms with van der Waals surface area (Å²) in [5.74, 6) is 0.292. The number of nitrogens with zero attached hydrogens (tertiary/aromatic N) is 2. The summed E-state index contributed by atoms with van der Waals surface area (Å²) in [6, 6.07) is 14.1. The quantitative estimate of drug-likeness (QED) is 0.601. The minimum Gasteiger partial charge on any atom is -0.497 e. The van der Waals surface area contributed by atoms with Gasteiger partial charge in [0.05, 0.1) is 12.0 Å². The highest BCUT2D eigenvalue weighted by Crippen LogP contribution is 2.39. The maximum atomic E-state index is 14.2. The number of para-hydroxylation sites is 1. The molecular formula is C23H23FN2O2S. The van der Waals surface area contributed by atoms with E-state index in [0.29, 0.717) is 10.1 Å². The number of carbonyl (C=O) groups is 1. The smallest absolute Gasteiger partial charge is 0.267 e. The number of benzene rings is 2. The van der Waals surface area contributed by atoms with Crippen LogP contribution in [0.15, 0.2) is 58.4 Å². The van der Waals surface area contributed by atoms with E-state index in [-0.39, 0.29) is 23.5 Å². The Bertz CT molecular complexity index is 967. The molecule has 0 aromatic heterocycles. The zero-order chi connectivity index (χ0) is 20.2. The first-order valence-corrected chi connectivity index (χ1v) is 10.7. The Labute approximate surface area is 174 Å². The third-order valence-electron chi connectivity index (χ3n) is 5.24. The van der Waals surface area contributed by atoms with Crippen LogP contribution in [-0.4, -0.2) is 29.1 Å². The molecule has 1 heterocycles. The first-order valence-electron chi connectivity index (χ1n) is 9.86. The lowest BCUT2D eigenvalue weighted by molar-refractivity contribution is -0.124. The Kier molecular flexibility index (Phi) is 6.00. The van der Waals surface area contributed by atoms with Crippen molar-refractivity contribution in [2.24, 2.45) is 4.99 Å². The minimum absolute atomic E-state index is 0.0557. The molecule has 2 fully saturated rings. The van der Waals surface area contributed by atoms with E-state index < -0.39 is 0 Å². The number of carbonyl (C=O) groups excluding carboxylic acids is 1. The molecule has 0 unspecified atom stereocenters. The molecule has 2 aromatic rings. The minimum atomic E-state index is -0.387. The topological polar surface area (TPSA) is 41.9 Å². The van der Waals surface area contributed by atoms with Crippen molar-refractivity contribution >= 4 is 34.6 Å². The number of thioether (sulfide) groups is 1. The molecule has 1 saturated heterocycles. The summed E-state index contributed by atoms with van der Waals surface area (Å²) in [6.07, 6.45) is 7.15. The van der Waals surface area contributed by atoms with Crippen LogP contribution in [0.3, 0.4) is 0 Å². The van der Waals surface area contributed by atoms with Gasteiger partial charge in [0.2, 0.25) is 0 Å². The van der Waals surface area contributed by atoms with Crippen molar-refractivity contribution in [3.05, 3.63) is 64.8 Å². The summed E-state index contributed by atoms with van der Waals surface area (Å²) in [7, 11) is 1.62. The molecule has 0 atom stereocenters. The predicted molar refractivity (Wildman–Crippen MR) is 116 cm³/mol. The molecule has 4 rings (SSSR count). The fraction of sp³-hybridized carbons (Fsp3) is 0.304. The number of methoxy groups -OCH3 is 1. The predicted octanol–water partition coefficient (Wildman–Crippen LogP) is 5.77. The molecule has 0 N–H and O–H groups in total. The lowest BCUT2D eigenvalue weighted by atomic mass is 9.94. The Morgan fingerprint density at radius 2 is 1.93 bits per heavy atom. The van der Waals surface area contributed by atoms with Crippen molar-refractivity contribution in [1.82, 2.24) is 4.90 Å². The largest absolute Gasteiger partial charge is 0.497 e. The molecular weight excluding hydrogens is 387 g/mol. The van der Waals surface area contributed by atoms with Gasteiger partial charge >= 0.3 is 0 Å². The Morgan fingerprint density at radius 3 is 2.69 bits per heavy atom. The number of amidine groups is 1. The van der Waals surface area contributed by atoms with Crippen LogP contribution in [0.25, 0.3) is 6.08 Å². The van der Waals surface area contributed by atoms with E-state index in [1.807, 2.05) is 30.3 Å². The second kappa shape index (κ2) is 8.82. The standard InChI is InChI=1S/C23H23FN2O2S/c1-28-18-11-7-8-16(14-18)15-21-22(27)26(17-9-3-2-4-10-17)23(29-21)25-20-13-6-5-12-19(20)24/h5-8,11-15,17H,2-4,9-10H2,1H3/b21-15-,25-23?. The van der Waals surface area contributed by atoms with Gasteiger partial charge in [-0.25, -0.2) is 9.38 Å². The maximum absolute atomic E-state index is 14.2. The summed E-state index contributed by atoms with van der Waals surface area (Å²) in [5.41, 5.74) is 1.14. The average Bonchev–Trinajstić information content (AvgIpc) is 3.05. The van der Waals surface area contributed by atoms with Crippen molar-refractivity contribution in [2.45, 2.75) is 38.1 Å². The number of hydrogen-bond donors (Lipinski definition) is 0. The first kappa shape index (κ1) is 19.7. The van der Waals surface area contributed by atoms with Crippen molar-refractivity contribution in [1.29, 1.82) is 0 Å². The van der Waals surface area contributed by atoms with E-state index in [1.54, 1.807) is 30.2 Å². The van der Waals surface area contributed by atoms with Gasteiger partial charge in [0.1, 0.15) is 17.3 Å². The van der Waals surface area contributed by atoms with Gasteiger partial charge < -0.3 is 4.74 Å². The summed E-state index contributed by atoms with van der Waals surface area (Å²) in [5, 5.41) is 0.557. The van der Waals surface area contributed by atoms with E-state index in [1.165, 1.54) is 24.2 Å². The molecule has 150 valence electrons. The monoisotopic (exact) mass is 410 g/mol. The van der Waals surface area contributed by atoms with Crippen molar-refractivity contribution in [2.75, 3.05) is 7.11 Å². The molecule has 2 aliphatic rings. The van der Waals surface area contributed by atoms with Gasteiger partial charge in [0, 0.05) is 6.04 Å². The van der Waals surface area contributed by atoms with Gasteiger partial charge in [0.25, 0.3) is 5.91 Å². The van der Waals surface area contributed by atoms with Gasteiger partial charge in [-0.3, -0.25) is 9.69 Å². The van der Waals surface area contributed by atoms with Crippen LogP contribution < -0.4 is 4.74 Å². The fourth-order valence-electron chi connectivity index (χ4n) is 3.75. The molecule has 2 aromatic carbocycles. The number of rotatable bonds is 4. The van der Waals surface area contributed by atoms with Crippen LogP contribution in [-0.2, 0) is 4.79 Å². The van der Waals surface area contributed by atoms with Crippen LogP contribution in [0.2, 0.25) is 0 Å². The first-order chi connectivity index (χ1) is 14.2.